The predicted octanol–water partition coefficient (Wildman–Crippen LogP) is 2.17. The number of benzene rings is 1. The molecule has 114 valence electrons. The average Bonchev–Trinajstić information content (AvgIpc) is 2.76. The molecule has 6 heteroatoms. The minimum Gasteiger partial charge on any atom is -0.495 e. The first-order chi connectivity index (χ1) is 9.99. The minimum atomic E-state index is -0.333. The molecule has 0 aromatic heterocycles. The molecule has 1 aromatic rings. The Morgan fingerprint density at radius 1 is 1.52 bits per heavy atom. The maximum absolute atomic E-state index is 12.0. The van der Waals surface area contributed by atoms with Gasteiger partial charge in [0.15, 0.2) is 0 Å². The maximum atomic E-state index is 12.0. The van der Waals surface area contributed by atoms with Crippen molar-refractivity contribution in [3.63, 3.8) is 0 Å². The lowest BCUT2D eigenvalue weighted by Gasteiger charge is -2.12. The first kappa shape index (κ1) is 15.2. The number of nitrogens with one attached hydrogen (secondary N) is 1. The molecule has 0 bridgehead atoms. The third kappa shape index (κ3) is 3.87. The Kier molecular flexibility index (Phi) is 4.67. The van der Waals surface area contributed by atoms with Crippen LogP contribution in [0.4, 0.5) is 10.5 Å². The van der Waals surface area contributed by atoms with E-state index in [9.17, 15) is 9.59 Å². The molecule has 0 spiro atoms. The maximum Gasteiger partial charge on any atom is 0.409 e. The second kappa shape index (κ2) is 6.47. The van der Waals surface area contributed by atoms with Crippen LogP contribution in [0.15, 0.2) is 18.2 Å². The zero-order valence-electron chi connectivity index (χ0n) is 12.5. The number of methoxy groups -OCH3 is 1. The van der Waals surface area contributed by atoms with Crippen molar-refractivity contribution >= 4 is 17.7 Å². The highest BCUT2D eigenvalue weighted by Crippen LogP contribution is 2.25. The summed E-state index contributed by atoms with van der Waals surface area (Å²) in [5.41, 5.74) is 1.69. The molecule has 1 aliphatic heterocycles. The number of carbonyl (C=O) groups is 2. The Hall–Kier alpha value is -2.24. The van der Waals surface area contributed by atoms with Crippen molar-refractivity contribution in [3.05, 3.63) is 23.8 Å². The number of likely N-dealkylation sites (N-methyl/N-ethyl adjacent to an activating group) is 1. The van der Waals surface area contributed by atoms with Gasteiger partial charge in [-0.05, 0) is 31.0 Å². The average molecular weight is 292 g/mol. The van der Waals surface area contributed by atoms with Crippen molar-refractivity contribution < 1.29 is 19.1 Å². The van der Waals surface area contributed by atoms with E-state index in [0.29, 0.717) is 30.8 Å². The quantitative estimate of drug-likeness (QED) is 0.903. The molecule has 1 saturated heterocycles. The number of amides is 2. The highest BCUT2D eigenvalue weighted by molar-refractivity contribution is 5.92. The van der Waals surface area contributed by atoms with Gasteiger partial charge in [-0.25, -0.2) is 4.79 Å². The van der Waals surface area contributed by atoms with Crippen LogP contribution in [-0.4, -0.2) is 43.7 Å². The monoisotopic (exact) mass is 292 g/mol. The van der Waals surface area contributed by atoms with Gasteiger partial charge in [-0.15, -0.1) is 0 Å². The summed E-state index contributed by atoms with van der Waals surface area (Å²) in [4.78, 5) is 24.7. The number of aryl methyl sites for hydroxylation is 1. The second-order valence-corrected chi connectivity index (χ2v) is 5.18. The molecule has 1 N–H and O–H groups in total. The fourth-order valence-electron chi connectivity index (χ4n) is 2.22. The molecule has 2 amide bonds. The van der Waals surface area contributed by atoms with E-state index < -0.39 is 0 Å². The molecule has 1 heterocycles. The van der Waals surface area contributed by atoms with E-state index in [1.165, 1.54) is 4.90 Å². The van der Waals surface area contributed by atoms with Crippen molar-refractivity contribution in [3.8, 4) is 5.75 Å². The van der Waals surface area contributed by atoms with E-state index >= 15 is 0 Å². The largest absolute Gasteiger partial charge is 0.495 e. The van der Waals surface area contributed by atoms with Gasteiger partial charge in [0.1, 0.15) is 11.9 Å². The molecular weight excluding hydrogens is 272 g/mol. The van der Waals surface area contributed by atoms with Crippen LogP contribution in [0.1, 0.15) is 18.4 Å². The molecule has 1 aliphatic rings. The summed E-state index contributed by atoms with van der Waals surface area (Å²) in [7, 11) is 3.24. The third-order valence-electron chi connectivity index (χ3n) is 3.38. The van der Waals surface area contributed by atoms with Crippen molar-refractivity contribution in [2.45, 2.75) is 25.9 Å². The van der Waals surface area contributed by atoms with Crippen LogP contribution in [0.5, 0.6) is 5.75 Å². The van der Waals surface area contributed by atoms with Gasteiger partial charge in [0.25, 0.3) is 0 Å². The van der Waals surface area contributed by atoms with Crippen LogP contribution in [-0.2, 0) is 9.53 Å². The topological polar surface area (TPSA) is 67.9 Å². The molecule has 6 nitrogen and oxygen atoms in total. The van der Waals surface area contributed by atoms with Crippen molar-refractivity contribution in [1.29, 1.82) is 0 Å². The lowest BCUT2D eigenvalue weighted by Crippen LogP contribution is -2.20. The number of carbonyl (C=O) groups excluding carboxylic acids is 2. The summed E-state index contributed by atoms with van der Waals surface area (Å²) < 4.78 is 10.3. The Morgan fingerprint density at radius 2 is 2.29 bits per heavy atom. The Morgan fingerprint density at radius 3 is 2.90 bits per heavy atom. The fourth-order valence-corrected chi connectivity index (χ4v) is 2.22. The van der Waals surface area contributed by atoms with E-state index in [4.69, 9.17) is 9.47 Å². The van der Waals surface area contributed by atoms with Crippen molar-refractivity contribution in [2.24, 2.45) is 0 Å². The number of hydrogen-bond donors (Lipinski definition) is 1. The van der Waals surface area contributed by atoms with E-state index in [1.807, 2.05) is 25.1 Å². The first-order valence-corrected chi connectivity index (χ1v) is 6.86. The van der Waals surface area contributed by atoms with Gasteiger partial charge >= 0.3 is 6.09 Å². The van der Waals surface area contributed by atoms with Crippen LogP contribution in [0, 0.1) is 6.92 Å². The number of anilines is 1. The molecule has 1 fully saturated rings. The molecule has 1 aromatic carbocycles. The van der Waals surface area contributed by atoms with Crippen LogP contribution >= 0.6 is 0 Å². The fraction of sp³-hybridized carbons (Fsp3) is 0.467. The summed E-state index contributed by atoms with van der Waals surface area (Å²) >= 11 is 0. The highest BCUT2D eigenvalue weighted by Gasteiger charge is 2.28. The molecule has 1 atom stereocenters. The van der Waals surface area contributed by atoms with Crippen molar-refractivity contribution in [2.75, 3.05) is 26.0 Å². The first-order valence-electron chi connectivity index (χ1n) is 6.86. The molecule has 21 heavy (non-hydrogen) atoms. The third-order valence-corrected chi connectivity index (χ3v) is 3.38. The second-order valence-electron chi connectivity index (χ2n) is 5.18. The van der Waals surface area contributed by atoms with Crippen LogP contribution in [0.2, 0.25) is 0 Å². The molecule has 0 radical (unpaired) electrons. The van der Waals surface area contributed by atoms with E-state index in [-0.39, 0.29) is 18.1 Å². The van der Waals surface area contributed by atoms with Crippen LogP contribution in [0.25, 0.3) is 0 Å². The summed E-state index contributed by atoms with van der Waals surface area (Å²) in [5, 5.41) is 2.83. The molecule has 1 unspecified atom stereocenters. The Balaban J connectivity index is 1.88. The van der Waals surface area contributed by atoms with E-state index in [0.717, 1.165) is 5.56 Å². The number of rotatable bonds is 5. The Labute approximate surface area is 124 Å². The van der Waals surface area contributed by atoms with Crippen LogP contribution in [0.3, 0.4) is 0 Å². The lowest BCUT2D eigenvalue weighted by atomic mass is 10.1. The van der Waals surface area contributed by atoms with Crippen molar-refractivity contribution in [1.82, 2.24) is 4.90 Å². The van der Waals surface area contributed by atoms with Gasteiger partial charge in [0.2, 0.25) is 5.91 Å². The van der Waals surface area contributed by atoms with Gasteiger partial charge in [0, 0.05) is 13.5 Å². The molecular formula is C15H20N2O4. The number of hydrogen-bond acceptors (Lipinski definition) is 4. The molecule has 0 saturated carbocycles. The summed E-state index contributed by atoms with van der Waals surface area (Å²) in [6.07, 6.45) is 0.257. The van der Waals surface area contributed by atoms with E-state index in [1.54, 1.807) is 14.2 Å². The van der Waals surface area contributed by atoms with Gasteiger partial charge in [-0.1, -0.05) is 6.07 Å². The zero-order chi connectivity index (χ0) is 15.4. The minimum absolute atomic E-state index is 0.121. The molecule has 2 rings (SSSR count). The van der Waals surface area contributed by atoms with Gasteiger partial charge in [-0.2, -0.15) is 0 Å². The summed E-state index contributed by atoms with van der Waals surface area (Å²) in [6, 6.07) is 5.60. The summed E-state index contributed by atoms with van der Waals surface area (Å²) in [6.45, 7) is 2.47. The number of cyclic esters (lactones) is 1. The lowest BCUT2D eigenvalue weighted by molar-refractivity contribution is -0.116. The molecule has 0 aliphatic carbocycles. The predicted molar refractivity (Wildman–Crippen MR) is 78.5 cm³/mol. The normalized spacial score (nSPS) is 17.6. The Bertz CT molecular complexity index is 544. The van der Waals surface area contributed by atoms with Gasteiger partial charge < -0.3 is 19.7 Å². The SMILES string of the molecule is COc1ccc(C)cc1NC(=O)CCC1CN(C)C(=O)O1. The standard InChI is InChI=1S/C15H20N2O4/c1-10-4-6-13(20-3)12(8-10)16-14(18)7-5-11-9-17(2)15(19)21-11/h4,6,8,11H,5,7,9H2,1-3H3,(H,16,18). The zero-order valence-corrected chi connectivity index (χ0v) is 12.5. The summed E-state index contributed by atoms with van der Waals surface area (Å²) in [5.74, 6) is 0.505. The van der Waals surface area contributed by atoms with E-state index in [2.05, 4.69) is 5.32 Å². The van der Waals surface area contributed by atoms with Gasteiger partial charge in [0.05, 0.1) is 19.3 Å². The highest BCUT2D eigenvalue weighted by atomic mass is 16.6. The smallest absolute Gasteiger partial charge is 0.409 e. The van der Waals surface area contributed by atoms with Gasteiger partial charge in [-0.3, -0.25) is 4.79 Å². The number of nitrogens with zero attached hydrogens (tertiary/aromatic N) is 1. The number of ether oxygens (including phenoxy) is 2. The van der Waals surface area contributed by atoms with Crippen LogP contribution < -0.4 is 10.1 Å².